The molecule has 0 radical (unpaired) electrons. The first-order chi connectivity index (χ1) is 10.1. The topological polar surface area (TPSA) is 52.7 Å². The standard InChI is InChI=1S/C16H21N3O2/c1-18(2)12-9-14-15(20)17-13(16(21)19(14)10-12)8-11-6-4-3-5-7-11/h3-7,12-14H,8-10H2,1-2H3,(H,17,20)/t12-,13-,14+/m1/s1. The summed E-state index contributed by atoms with van der Waals surface area (Å²) in [6.07, 6.45) is 1.28. The van der Waals surface area contributed by atoms with Crippen LogP contribution in [0.5, 0.6) is 0 Å². The van der Waals surface area contributed by atoms with Crippen LogP contribution in [0.25, 0.3) is 0 Å². The summed E-state index contributed by atoms with van der Waals surface area (Å²) in [4.78, 5) is 28.7. The Morgan fingerprint density at radius 3 is 2.62 bits per heavy atom. The van der Waals surface area contributed by atoms with E-state index >= 15 is 0 Å². The van der Waals surface area contributed by atoms with E-state index < -0.39 is 6.04 Å². The zero-order valence-corrected chi connectivity index (χ0v) is 12.5. The fourth-order valence-electron chi connectivity index (χ4n) is 3.20. The number of nitrogens with one attached hydrogen (secondary N) is 1. The molecule has 21 heavy (non-hydrogen) atoms. The SMILES string of the molecule is CN(C)[C@@H]1C[C@H]2C(=O)N[C@H](Cc3ccccc3)C(=O)N2C1. The molecule has 2 amide bonds. The Balaban J connectivity index is 1.75. The first kappa shape index (κ1) is 14.1. The molecule has 0 aliphatic carbocycles. The van der Waals surface area contributed by atoms with Gasteiger partial charge in [-0.15, -0.1) is 0 Å². The van der Waals surface area contributed by atoms with Crippen LogP contribution in [0, 0.1) is 0 Å². The third-order valence-corrected chi connectivity index (χ3v) is 4.49. The van der Waals surface area contributed by atoms with Gasteiger partial charge >= 0.3 is 0 Å². The van der Waals surface area contributed by atoms with Gasteiger partial charge in [0.25, 0.3) is 0 Å². The lowest BCUT2D eigenvalue weighted by Crippen LogP contribution is -2.61. The number of nitrogens with zero attached hydrogens (tertiary/aromatic N) is 2. The number of piperazine rings is 1. The van der Waals surface area contributed by atoms with Crippen molar-refractivity contribution in [1.82, 2.24) is 15.1 Å². The zero-order chi connectivity index (χ0) is 15.0. The molecule has 2 saturated heterocycles. The van der Waals surface area contributed by atoms with Crippen molar-refractivity contribution in [2.45, 2.75) is 31.0 Å². The van der Waals surface area contributed by atoms with E-state index in [1.165, 1.54) is 0 Å². The minimum atomic E-state index is -0.433. The number of rotatable bonds is 3. The molecule has 2 fully saturated rings. The lowest BCUT2D eigenvalue weighted by molar-refractivity contribution is -0.147. The summed E-state index contributed by atoms with van der Waals surface area (Å²) >= 11 is 0. The molecular formula is C16H21N3O2. The van der Waals surface area contributed by atoms with Gasteiger partial charge in [0.1, 0.15) is 12.1 Å². The minimum absolute atomic E-state index is 0.0140. The number of fused-ring (bicyclic) bond motifs is 1. The Morgan fingerprint density at radius 1 is 1.24 bits per heavy atom. The highest BCUT2D eigenvalue weighted by molar-refractivity contribution is 5.97. The number of benzene rings is 1. The average molecular weight is 287 g/mol. The Bertz CT molecular complexity index is 544. The second kappa shape index (κ2) is 5.48. The molecule has 2 aliphatic rings. The predicted molar refractivity (Wildman–Crippen MR) is 79.7 cm³/mol. The first-order valence-electron chi connectivity index (χ1n) is 7.37. The maximum Gasteiger partial charge on any atom is 0.246 e. The summed E-state index contributed by atoms with van der Waals surface area (Å²) < 4.78 is 0. The van der Waals surface area contributed by atoms with E-state index in [9.17, 15) is 9.59 Å². The molecule has 5 heteroatoms. The zero-order valence-electron chi connectivity index (χ0n) is 12.5. The average Bonchev–Trinajstić information content (AvgIpc) is 2.92. The Morgan fingerprint density at radius 2 is 1.95 bits per heavy atom. The van der Waals surface area contributed by atoms with Crippen molar-refractivity contribution >= 4 is 11.8 Å². The van der Waals surface area contributed by atoms with E-state index in [1.54, 1.807) is 4.90 Å². The Kier molecular flexibility index (Phi) is 3.68. The molecule has 1 aromatic rings. The molecular weight excluding hydrogens is 266 g/mol. The monoisotopic (exact) mass is 287 g/mol. The number of likely N-dealkylation sites (N-methyl/N-ethyl adjacent to an activating group) is 1. The van der Waals surface area contributed by atoms with Crippen LogP contribution in [0.2, 0.25) is 0 Å². The quantitative estimate of drug-likeness (QED) is 0.867. The fourth-order valence-corrected chi connectivity index (χ4v) is 3.20. The summed E-state index contributed by atoms with van der Waals surface area (Å²) in [7, 11) is 3.99. The van der Waals surface area contributed by atoms with E-state index in [0.717, 1.165) is 12.0 Å². The first-order valence-corrected chi connectivity index (χ1v) is 7.37. The van der Waals surface area contributed by atoms with Gasteiger partial charge < -0.3 is 15.1 Å². The van der Waals surface area contributed by atoms with Crippen LogP contribution < -0.4 is 5.32 Å². The van der Waals surface area contributed by atoms with Gasteiger partial charge in [0, 0.05) is 19.0 Å². The van der Waals surface area contributed by atoms with E-state index in [4.69, 9.17) is 0 Å². The molecule has 0 aromatic heterocycles. The van der Waals surface area contributed by atoms with E-state index in [1.807, 2.05) is 44.4 Å². The molecule has 0 spiro atoms. The highest BCUT2D eigenvalue weighted by Crippen LogP contribution is 2.25. The summed E-state index contributed by atoms with van der Waals surface area (Å²) in [6, 6.07) is 9.35. The lowest BCUT2D eigenvalue weighted by Gasteiger charge is -2.34. The van der Waals surface area contributed by atoms with Crippen molar-refractivity contribution in [2.24, 2.45) is 0 Å². The third-order valence-electron chi connectivity index (χ3n) is 4.49. The highest BCUT2D eigenvalue weighted by Gasteiger charge is 2.46. The number of hydrogen-bond acceptors (Lipinski definition) is 3. The second-order valence-corrected chi connectivity index (χ2v) is 6.11. The molecule has 5 nitrogen and oxygen atoms in total. The lowest BCUT2D eigenvalue weighted by atomic mass is 10.0. The van der Waals surface area contributed by atoms with Crippen molar-refractivity contribution in [3.8, 4) is 0 Å². The normalized spacial score (nSPS) is 28.7. The maximum atomic E-state index is 12.6. The van der Waals surface area contributed by atoms with Crippen LogP contribution >= 0.6 is 0 Å². The summed E-state index contributed by atoms with van der Waals surface area (Å²) in [5.74, 6) is 0.0349. The molecule has 0 bridgehead atoms. The van der Waals surface area contributed by atoms with Crippen molar-refractivity contribution in [1.29, 1.82) is 0 Å². The van der Waals surface area contributed by atoms with Crippen molar-refractivity contribution in [3.05, 3.63) is 35.9 Å². The smallest absolute Gasteiger partial charge is 0.246 e. The van der Waals surface area contributed by atoms with Gasteiger partial charge in [-0.05, 0) is 26.1 Å². The van der Waals surface area contributed by atoms with Crippen LogP contribution in [-0.2, 0) is 16.0 Å². The van der Waals surface area contributed by atoms with Gasteiger partial charge in [-0.25, -0.2) is 0 Å². The molecule has 3 rings (SSSR count). The fraction of sp³-hybridized carbons (Fsp3) is 0.500. The van der Waals surface area contributed by atoms with Crippen LogP contribution in [-0.4, -0.2) is 60.4 Å². The largest absolute Gasteiger partial charge is 0.342 e. The van der Waals surface area contributed by atoms with Crippen molar-refractivity contribution in [3.63, 3.8) is 0 Å². The highest BCUT2D eigenvalue weighted by atomic mass is 16.2. The second-order valence-electron chi connectivity index (χ2n) is 6.11. The van der Waals surface area contributed by atoms with Gasteiger partial charge in [-0.2, -0.15) is 0 Å². The van der Waals surface area contributed by atoms with Crippen molar-refractivity contribution < 1.29 is 9.59 Å². The van der Waals surface area contributed by atoms with Gasteiger partial charge in [0.15, 0.2) is 0 Å². The summed E-state index contributed by atoms with van der Waals surface area (Å²) in [5, 5.41) is 2.90. The molecule has 0 saturated carbocycles. The van der Waals surface area contributed by atoms with Gasteiger partial charge in [-0.3, -0.25) is 9.59 Å². The molecule has 0 unspecified atom stereocenters. The van der Waals surface area contributed by atoms with Gasteiger partial charge in [0.2, 0.25) is 11.8 Å². The Hall–Kier alpha value is -1.88. The number of hydrogen-bond donors (Lipinski definition) is 1. The number of carbonyl (C=O) groups is 2. The van der Waals surface area contributed by atoms with Crippen LogP contribution in [0.1, 0.15) is 12.0 Å². The summed E-state index contributed by atoms with van der Waals surface area (Å²) in [5.41, 5.74) is 1.07. The minimum Gasteiger partial charge on any atom is -0.342 e. The molecule has 2 heterocycles. The molecule has 112 valence electrons. The third kappa shape index (κ3) is 2.65. The Labute approximate surface area is 124 Å². The van der Waals surface area contributed by atoms with E-state index in [2.05, 4.69) is 10.2 Å². The van der Waals surface area contributed by atoms with Crippen LogP contribution in [0.15, 0.2) is 30.3 Å². The maximum absolute atomic E-state index is 12.6. The number of amides is 2. The van der Waals surface area contributed by atoms with Crippen LogP contribution in [0.3, 0.4) is 0 Å². The van der Waals surface area contributed by atoms with Crippen molar-refractivity contribution in [2.75, 3.05) is 20.6 Å². The summed E-state index contributed by atoms with van der Waals surface area (Å²) in [6.45, 7) is 0.648. The molecule has 1 aromatic carbocycles. The predicted octanol–water partition coefficient (Wildman–Crippen LogP) is 0.259. The van der Waals surface area contributed by atoms with E-state index in [-0.39, 0.29) is 23.9 Å². The van der Waals surface area contributed by atoms with Crippen LogP contribution in [0.4, 0.5) is 0 Å². The number of carbonyl (C=O) groups excluding carboxylic acids is 2. The van der Waals surface area contributed by atoms with Gasteiger partial charge in [-0.1, -0.05) is 30.3 Å². The van der Waals surface area contributed by atoms with Gasteiger partial charge in [0.05, 0.1) is 0 Å². The molecule has 1 N–H and O–H groups in total. The molecule has 3 atom stereocenters. The van der Waals surface area contributed by atoms with E-state index in [0.29, 0.717) is 13.0 Å². The molecule has 2 aliphatic heterocycles.